The van der Waals surface area contributed by atoms with Gasteiger partial charge >= 0.3 is 0 Å². The van der Waals surface area contributed by atoms with Crippen LogP contribution in [-0.4, -0.2) is 31.4 Å². The maximum absolute atomic E-state index is 10.7. The van der Waals surface area contributed by atoms with Crippen molar-refractivity contribution in [3.8, 4) is 0 Å². The number of ether oxygens (including phenoxy) is 1. The second-order valence-electron chi connectivity index (χ2n) is 6.32. The Labute approximate surface area is 137 Å². The molecular weight excluding hydrogens is 300 g/mol. The van der Waals surface area contributed by atoms with Gasteiger partial charge in [-0.2, -0.15) is 8.42 Å². The van der Waals surface area contributed by atoms with Gasteiger partial charge in [-0.25, -0.2) is 0 Å². The average molecular weight is 337 g/mol. The standard InChI is InChI=1S/C17H36O4S/c1-3-4-5-6-7-8-9-10-11-12-13-14-15-21-17(2)16-22(18,19)20/h17H,3-16H2,1-2H3,(H,18,19,20). The Balaban J connectivity index is 3.17. The van der Waals surface area contributed by atoms with E-state index in [-0.39, 0.29) is 5.75 Å². The maximum Gasteiger partial charge on any atom is 0.267 e. The zero-order valence-corrected chi connectivity index (χ0v) is 15.4. The van der Waals surface area contributed by atoms with Crippen molar-refractivity contribution in [2.75, 3.05) is 12.4 Å². The Kier molecular flexibility index (Phi) is 14.4. The van der Waals surface area contributed by atoms with Gasteiger partial charge in [-0.05, 0) is 13.3 Å². The van der Waals surface area contributed by atoms with Gasteiger partial charge in [0.15, 0.2) is 0 Å². The molecule has 0 saturated carbocycles. The van der Waals surface area contributed by atoms with Crippen molar-refractivity contribution in [1.29, 1.82) is 0 Å². The third-order valence-corrected chi connectivity index (χ3v) is 4.74. The summed E-state index contributed by atoms with van der Waals surface area (Å²) in [5.41, 5.74) is 0. The molecule has 0 fully saturated rings. The smallest absolute Gasteiger partial charge is 0.267 e. The van der Waals surface area contributed by atoms with E-state index in [2.05, 4.69) is 6.92 Å². The summed E-state index contributed by atoms with van der Waals surface area (Å²) in [6.07, 6.45) is 15.1. The molecule has 1 unspecified atom stereocenters. The molecule has 5 heteroatoms. The lowest BCUT2D eigenvalue weighted by atomic mass is 10.1. The summed E-state index contributed by atoms with van der Waals surface area (Å²) in [5, 5.41) is 0. The molecule has 0 aromatic carbocycles. The van der Waals surface area contributed by atoms with Gasteiger partial charge < -0.3 is 4.74 Å². The molecule has 4 nitrogen and oxygen atoms in total. The summed E-state index contributed by atoms with van der Waals surface area (Å²) in [7, 11) is -3.92. The SMILES string of the molecule is CCCCCCCCCCCCCCOC(C)CS(=O)(=O)O. The third kappa shape index (κ3) is 17.9. The molecule has 22 heavy (non-hydrogen) atoms. The van der Waals surface area contributed by atoms with E-state index in [1.165, 1.54) is 64.2 Å². The lowest BCUT2D eigenvalue weighted by Gasteiger charge is -2.11. The zero-order valence-electron chi connectivity index (χ0n) is 14.6. The highest BCUT2D eigenvalue weighted by atomic mass is 32.2. The summed E-state index contributed by atoms with van der Waals surface area (Å²) < 4.78 is 35.4. The second kappa shape index (κ2) is 14.5. The van der Waals surface area contributed by atoms with E-state index in [0.29, 0.717) is 6.61 Å². The van der Waals surface area contributed by atoms with Gasteiger partial charge in [-0.15, -0.1) is 0 Å². The molecule has 0 spiro atoms. The molecule has 0 amide bonds. The predicted molar refractivity (Wildman–Crippen MR) is 92.9 cm³/mol. The molecule has 1 atom stereocenters. The van der Waals surface area contributed by atoms with Crippen LogP contribution in [0.4, 0.5) is 0 Å². The molecule has 0 rings (SSSR count). The highest BCUT2D eigenvalue weighted by molar-refractivity contribution is 7.85. The highest BCUT2D eigenvalue weighted by Crippen LogP contribution is 2.12. The van der Waals surface area contributed by atoms with E-state index in [9.17, 15) is 8.42 Å². The van der Waals surface area contributed by atoms with E-state index >= 15 is 0 Å². The van der Waals surface area contributed by atoms with Gasteiger partial charge in [0, 0.05) is 6.61 Å². The third-order valence-electron chi connectivity index (χ3n) is 3.85. The van der Waals surface area contributed by atoms with Gasteiger partial charge in [-0.3, -0.25) is 4.55 Å². The van der Waals surface area contributed by atoms with Crippen LogP contribution in [0.3, 0.4) is 0 Å². The van der Waals surface area contributed by atoms with Gasteiger partial charge in [0.2, 0.25) is 0 Å². The molecule has 0 aromatic rings. The van der Waals surface area contributed by atoms with Crippen molar-refractivity contribution in [2.24, 2.45) is 0 Å². The fraction of sp³-hybridized carbons (Fsp3) is 1.00. The van der Waals surface area contributed by atoms with E-state index in [1.54, 1.807) is 6.92 Å². The van der Waals surface area contributed by atoms with Crippen molar-refractivity contribution in [3.05, 3.63) is 0 Å². The first-order valence-corrected chi connectivity index (χ1v) is 10.6. The van der Waals surface area contributed by atoms with Crippen LogP contribution < -0.4 is 0 Å². The number of hydrogen-bond donors (Lipinski definition) is 1. The van der Waals surface area contributed by atoms with Crippen molar-refractivity contribution in [3.63, 3.8) is 0 Å². The summed E-state index contributed by atoms with van der Waals surface area (Å²) in [4.78, 5) is 0. The molecule has 1 N–H and O–H groups in total. The molecule has 134 valence electrons. The summed E-state index contributed by atoms with van der Waals surface area (Å²) in [6.45, 7) is 4.50. The van der Waals surface area contributed by atoms with E-state index < -0.39 is 16.2 Å². The topological polar surface area (TPSA) is 63.6 Å². The number of hydrogen-bond acceptors (Lipinski definition) is 3. The molecule has 0 aliphatic carbocycles. The fourth-order valence-corrected chi connectivity index (χ4v) is 3.26. The first-order valence-electron chi connectivity index (χ1n) is 9.02. The van der Waals surface area contributed by atoms with Gasteiger partial charge in [0.1, 0.15) is 5.75 Å². The summed E-state index contributed by atoms with van der Waals surface area (Å²) >= 11 is 0. The van der Waals surface area contributed by atoms with Crippen LogP contribution in [0.5, 0.6) is 0 Å². The van der Waals surface area contributed by atoms with Crippen molar-refractivity contribution in [1.82, 2.24) is 0 Å². The lowest BCUT2D eigenvalue weighted by molar-refractivity contribution is 0.0766. The first kappa shape index (κ1) is 21.9. The minimum Gasteiger partial charge on any atom is -0.377 e. The summed E-state index contributed by atoms with van der Waals surface area (Å²) in [5.74, 6) is -0.314. The second-order valence-corrected chi connectivity index (χ2v) is 7.82. The quantitative estimate of drug-likeness (QED) is 0.319. The van der Waals surface area contributed by atoms with E-state index in [0.717, 1.165) is 12.8 Å². The highest BCUT2D eigenvalue weighted by Gasteiger charge is 2.11. The summed E-state index contributed by atoms with van der Waals surface area (Å²) in [6, 6.07) is 0. The number of rotatable bonds is 16. The molecule has 0 aliphatic heterocycles. The van der Waals surface area contributed by atoms with Crippen molar-refractivity contribution >= 4 is 10.1 Å². The molecule has 0 heterocycles. The Hall–Kier alpha value is -0.130. The largest absolute Gasteiger partial charge is 0.377 e. The van der Waals surface area contributed by atoms with Gasteiger partial charge in [-0.1, -0.05) is 77.6 Å². The molecule has 0 aliphatic rings. The Morgan fingerprint density at radius 2 is 1.23 bits per heavy atom. The van der Waals surface area contributed by atoms with Crippen LogP contribution in [0.2, 0.25) is 0 Å². The van der Waals surface area contributed by atoms with E-state index in [1.807, 2.05) is 0 Å². The van der Waals surface area contributed by atoms with Crippen LogP contribution in [0, 0.1) is 0 Å². The van der Waals surface area contributed by atoms with Gasteiger partial charge in [0.05, 0.1) is 6.10 Å². The monoisotopic (exact) mass is 336 g/mol. The normalized spacial score (nSPS) is 13.4. The fourth-order valence-electron chi connectivity index (χ4n) is 2.57. The molecule has 0 aromatic heterocycles. The lowest BCUT2D eigenvalue weighted by Crippen LogP contribution is -2.20. The first-order chi connectivity index (χ1) is 10.5. The molecule has 0 saturated heterocycles. The van der Waals surface area contributed by atoms with Crippen molar-refractivity contribution in [2.45, 2.75) is 97.0 Å². The van der Waals surface area contributed by atoms with Crippen LogP contribution in [-0.2, 0) is 14.9 Å². The van der Waals surface area contributed by atoms with Crippen LogP contribution in [0.15, 0.2) is 0 Å². The van der Waals surface area contributed by atoms with Gasteiger partial charge in [0.25, 0.3) is 10.1 Å². The Bertz CT molecular complexity index is 328. The average Bonchev–Trinajstić information content (AvgIpc) is 2.42. The molecule has 0 bridgehead atoms. The predicted octanol–water partition coefficient (Wildman–Crippen LogP) is 4.98. The van der Waals surface area contributed by atoms with Crippen molar-refractivity contribution < 1.29 is 17.7 Å². The Morgan fingerprint density at radius 1 is 0.818 bits per heavy atom. The minimum atomic E-state index is -3.92. The number of unbranched alkanes of at least 4 members (excludes halogenated alkanes) is 11. The minimum absolute atomic E-state index is 0.314. The zero-order chi connectivity index (χ0) is 16.7. The van der Waals surface area contributed by atoms with E-state index in [4.69, 9.17) is 9.29 Å². The maximum atomic E-state index is 10.7. The van der Waals surface area contributed by atoms with Crippen LogP contribution in [0.1, 0.15) is 90.9 Å². The van der Waals surface area contributed by atoms with Crippen LogP contribution in [0.25, 0.3) is 0 Å². The molecular formula is C17H36O4S. The molecule has 0 radical (unpaired) electrons. The Morgan fingerprint density at radius 3 is 1.64 bits per heavy atom. The van der Waals surface area contributed by atoms with Crippen LogP contribution >= 0.6 is 0 Å².